The predicted octanol–water partition coefficient (Wildman–Crippen LogP) is 3.42. The molecule has 2 nitrogen and oxygen atoms in total. The van der Waals surface area contributed by atoms with Crippen LogP contribution in [0.1, 0.15) is 19.4 Å². The van der Waals surface area contributed by atoms with E-state index in [0.29, 0.717) is 0 Å². The molecule has 0 radical (unpaired) electrons. The zero-order valence-electron chi connectivity index (χ0n) is 7.49. The molecule has 0 aromatic heterocycles. The first-order chi connectivity index (χ1) is 5.96. The molecule has 1 unspecified atom stereocenters. The van der Waals surface area contributed by atoms with E-state index in [-0.39, 0.29) is 0 Å². The Hall–Kier alpha value is -0.240. The lowest BCUT2D eigenvalue weighted by Gasteiger charge is -2.12. The first-order valence-corrected chi connectivity index (χ1v) is 5.88. The molecule has 0 aliphatic rings. The number of benzene rings is 1. The van der Waals surface area contributed by atoms with Crippen LogP contribution in [0.3, 0.4) is 0 Å². The highest BCUT2D eigenvalue weighted by molar-refractivity contribution is 9.10. The van der Waals surface area contributed by atoms with E-state index >= 15 is 0 Å². The third kappa shape index (κ3) is 2.16. The highest BCUT2D eigenvalue weighted by atomic mass is 79.9. The minimum absolute atomic E-state index is 0.699. The van der Waals surface area contributed by atoms with Crippen LogP contribution < -0.4 is 0 Å². The summed E-state index contributed by atoms with van der Waals surface area (Å²) < 4.78 is 12.0. The quantitative estimate of drug-likeness (QED) is 0.829. The average molecular weight is 262 g/mol. The molecule has 0 saturated heterocycles. The molecule has 0 fully saturated rings. The Kier molecular flexibility index (Phi) is 3.23. The fraction of sp³-hybridized carbons (Fsp3) is 0.333. The normalized spacial score (nSPS) is 12.8. The smallest absolute Gasteiger partial charge is 0.160 e. The predicted molar refractivity (Wildman–Crippen MR) is 57.0 cm³/mol. The van der Waals surface area contributed by atoms with Crippen LogP contribution in [-0.4, -0.2) is 4.89 Å². The molecule has 0 spiro atoms. The second-order valence-corrected chi connectivity index (χ2v) is 5.83. The Morgan fingerprint density at radius 1 is 1.38 bits per heavy atom. The van der Waals surface area contributed by atoms with E-state index in [0.717, 1.165) is 10.0 Å². The fourth-order valence-electron chi connectivity index (χ4n) is 1.06. The van der Waals surface area contributed by atoms with Gasteiger partial charge in [0.05, 0.1) is 0 Å². The zero-order chi connectivity index (χ0) is 10.1. The summed E-state index contributed by atoms with van der Waals surface area (Å²) in [5.74, 6) is 0. The van der Waals surface area contributed by atoms with Crippen LogP contribution in [0.5, 0.6) is 0 Å². The summed E-state index contributed by atoms with van der Waals surface area (Å²) in [5.41, 5.74) is 0.860. The maximum absolute atomic E-state index is 11.1. The molecule has 4 heteroatoms. The van der Waals surface area contributed by atoms with Gasteiger partial charge in [0, 0.05) is 10.0 Å². The maximum atomic E-state index is 11.1. The molecule has 0 aliphatic carbocycles. The van der Waals surface area contributed by atoms with Crippen LogP contribution in [0.2, 0.25) is 0 Å². The van der Waals surface area contributed by atoms with Crippen molar-refractivity contribution in [3.8, 4) is 0 Å². The Morgan fingerprint density at radius 2 is 1.92 bits per heavy atom. The van der Waals surface area contributed by atoms with Crippen LogP contribution >= 0.6 is 24.0 Å². The molecular formula is C9H11BrO2P+. The van der Waals surface area contributed by atoms with Gasteiger partial charge in [-0.15, -0.1) is 0 Å². The molecule has 1 atom stereocenters. The Balaban J connectivity index is 3.22. The highest BCUT2D eigenvalue weighted by Crippen LogP contribution is 2.45. The Morgan fingerprint density at radius 3 is 2.38 bits per heavy atom. The van der Waals surface area contributed by atoms with Crippen LogP contribution in [0.4, 0.5) is 0 Å². The molecule has 1 aromatic carbocycles. The van der Waals surface area contributed by atoms with Gasteiger partial charge in [-0.1, -0.05) is 34.1 Å². The second kappa shape index (κ2) is 3.87. The van der Waals surface area contributed by atoms with Crippen LogP contribution in [-0.2, 0) is 9.72 Å². The molecule has 70 valence electrons. The number of hydrogen-bond donors (Lipinski definition) is 1. The Labute approximate surface area is 87.0 Å². The lowest BCUT2D eigenvalue weighted by atomic mass is 10.0. The summed E-state index contributed by atoms with van der Waals surface area (Å²) >= 11 is 3.36. The van der Waals surface area contributed by atoms with Crippen molar-refractivity contribution in [1.29, 1.82) is 0 Å². The highest BCUT2D eigenvalue weighted by Gasteiger charge is 2.42. The average Bonchev–Trinajstić information content (AvgIpc) is 2.04. The minimum Gasteiger partial charge on any atom is -0.160 e. The van der Waals surface area contributed by atoms with Crippen molar-refractivity contribution in [1.82, 2.24) is 0 Å². The van der Waals surface area contributed by atoms with Gasteiger partial charge in [-0.05, 0) is 24.5 Å². The molecule has 0 saturated carbocycles. The second-order valence-electron chi connectivity index (χ2n) is 3.31. The van der Waals surface area contributed by atoms with Crippen molar-refractivity contribution in [2.45, 2.75) is 19.0 Å². The summed E-state index contributed by atoms with van der Waals surface area (Å²) in [4.78, 5) is 9.15. The largest absolute Gasteiger partial charge is 0.516 e. The van der Waals surface area contributed by atoms with E-state index in [1.54, 1.807) is 13.8 Å². The molecular weight excluding hydrogens is 251 g/mol. The van der Waals surface area contributed by atoms with Gasteiger partial charge in [-0.3, -0.25) is 0 Å². The molecule has 0 amide bonds. The van der Waals surface area contributed by atoms with Gasteiger partial charge in [0.15, 0.2) is 0 Å². The summed E-state index contributed by atoms with van der Waals surface area (Å²) in [6, 6.07) is 7.47. The summed E-state index contributed by atoms with van der Waals surface area (Å²) in [5, 5.41) is -0.699. The van der Waals surface area contributed by atoms with E-state index in [2.05, 4.69) is 15.9 Å². The number of hydrogen-bond acceptors (Lipinski definition) is 1. The maximum Gasteiger partial charge on any atom is 0.516 e. The molecule has 13 heavy (non-hydrogen) atoms. The lowest BCUT2D eigenvalue weighted by molar-refractivity contribution is 0.468. The number of rotatable bonds is 2. The summed E-state index contributed by atoms with van der Waals surface area (Å²) in [7, 11) is -2.22. The van der Waals surface area contributed by atoms with Gasteiger partial charge < -0.3 is 0 Å². The Bertz CT molecular complexity index is 336. The van der Waals surface area contributed by atoms with Gasteiger partial charge in [-0.2, -0.15) is 4.89 Å². The first-order valence-electron chi connectivity index (χ1n) is 3.87. The molecule has 0 aliphatic heterocycles. The van der Waals surface area contributed by atoms with Crippen molar-refractivity contribution in [3.05, 3.63) is 34.3 Å². The number of halogens is 1. The van der Waals surface area contributed by atoms with E-state index in [4.69, 9.17) is 4.89 Å². The van der Waals surface area contributed by atoms with Gasteiger partial charge >= 0.3 is 8.03 Å². The standard InChI is InChI=1S/C9H10BrO2P/c1-9(2,13(11)12)7-5-3-4-6-8(7)10/h3-6H,1-2H3/p+1. The van der Waals surface area contributed by atoms with E-state index in [1.165, 1.54) is 0 Å². The van der Waals surface area contributed by atoms with Gasteiger partial charge in [0.2, 0.25) is 5.16 Å². The molecule has 1 N–H and O–H groups in total. The third-order valence-corrected chi connectivity index (χ3v) is 3.90. The van der Waals surface area contributed by atoms with Crippen LogP contribution in [0.25, 0.3) is 0 Å². The SMILES string of the molecule is CC(C)(c1ccccc1Br)[P+](=O)O. The molecule has 1 aromatic rings. The van der Waals surface area contributed by atoms with Crippen molar-refractivity contribution in [2.24, 2.45) is 0 Å². The van der Waals surface area contributed by atoms with Crippen molar-refractivity contribution in [3.63, 3.8) is 0 Å². The molecule has 1 rings (SSSR count). The first kappa shape index (κ1) is 10.8. The molecule has 0 bridgehead atoms. The topological polar surface area (TPSA) is 37.3 Å². The van der Waals surface area contributed by atoms with E-state index in [9.17, 15) is 4.57 Å². The molecule has 0 heterocycles. The monoisotopic (exact) mass is 261 g/mol. The van der Waals surface area contributed by atoms with E-state index < -0.39 is 13.2 Å². The van der Waals surface area contributed by atoms with Gasteiger partial charge in [0.25, 0.3) is 0 Å². The minimum atomic E-state index is -2.22. The third-order valence-electron chi connectivity index (χ3n) is 2.01. The van der Waals surface area contributed by atoms with Crippen molar-refractivity contribution in [2.75, 3.05) is 0 Å². The zero-order valence-corrected chi connectivity index (χ0v) is 9.97. The van der Waals surface area contributed by atoms with Gasteiger partial charge in [0.1, 0.15) is 0 Å². The van der Waals surface area contributed by atoms with Crippen LogP contribution in [0, 0.1) is 0 Å². The summed E-state index contributed by atoms with van der Waals surface area (Å²) in [6.45, 7) is 3.51. The van der Waals surface area contributed by atoms with E-state index in [1.807, 2.05) is 24.3 Å². The lowest BCUT2D eigenvalue weighted by Crippen LogP contribution is -2.12. The fourth-order valence-corrected chi connectivity index (χ4v) is 2.40. The van der Waals surface area contributed by atoms with Gasteiger partial charge in [-0.25, -0.2) is 0 Å². The summed E-state index contributed by atoms with van der Waals surface area (Å²) in [6.07, 6.45) is 0. The van der Waals surface area contributed by atoms with Crippen molar-refractivity contribution < 1.29 is 9.46 Å². The van der Waals surface area contributed by atoms with Crippen LogP contribution in [0.15, 0.2) is 28.7 Å². The van der Waals surface area contributed by atoms with Crippen molar-refractivity contribution >= 4 is 24.0 Å².